The van der Waals surface area contributed by atoms with Gasteiger partial charge < -0.3 is 10.6 Å². The first kappa shape index (κ1) is 20.0. The predicted molar refractivity (Wildman–Crippen MR) is 75.5 cm³/mol. The van der Waals surface area contributed by atoms with Crippen LogP contribution >= 0.6 is 12.4 Å². The summed E-state index contributed by atoms with van der Waals surface area (Å²) in [6.45, 7) is 7.18. The average molecular weight is 302 g/mol. The van der Waals surface area contributed by atoms with Gasteiger partial charge in [0.15, 0.2) is 0 Å². The van der Waals surface area contributed by atoms with Crippen LogP contribution in [-0.4, -0.2) is 45.8 Å². The molecular weight excluding hydrogens is 278 g/mol. The normalized spacial score (nSPS) is 11.8. The van der Waals surface area contributed by atoms with Gasteiger partial charge in [-0.25, -0.2) is 13.1 Å². The Morgan fingerprint density at radius 1 is 1.17 bits per heavy atom. The molecule has 18 heavy (non-hydrogen) atoms. The van der Waals surface area contributed by atoms with Crippen LogP contribution in [0.3, 0.4) is 0 Å². The first-order valence-corrected chi connectivity index (χ1v) is 7.56. The zero-order valence-electron chi connectivity index (χ0n) is 11.4. The molecule has 0 rings (SSSR count). The lowest BCUT2D eigenvalue weighted by atomic mass is 10.1. The number of rotatable bonds is 8. The fourth-order valence-corrected chi connectivity index (χ4v) is 2.32. The smallest absolute Gasteiger partial charge is 0.240 e. The van der Waals surface area contributed by atoms with E-state index in [2.05, 4.69) is 22.3 Å². The summed E-state index contributed by atoms with van der Waals surface area (Å²) in [5, 5.41) is 5.81. The van der Waals surface area contributed by atoms with Crippen LogP contribution in [0.1, 0.15) is 27.2 Å². The van der Waals surface area contributed by atoms with Gasteiger partial charge in [0, 0.05) is 13.1 Å². The molecule has 0 aliphatic heterocycles. The molecule has 0 heterocycles. The number of hydrogen-bond acceptors (Lipinski definition) is 4. The molecule has 0 unspecified atom stereocenters. The van der Waals surface area contributed by atoms with Crippen LogP contribution in [0.2, 0.25) is 0 Å². The molecule has 0 aromatic carbocycles. The average Bonchev–Trinajstić information content (AvgIpc) is 2.13. The largest absolute Gasteiger partial charge is 0.353 e. The second-order valence-electron chi connectivity index (χ2n) is 4.51. The third-order valence-electron chi connectivity index (χ3n) is 2.02. The van der Waals surface area contributed by atoms with E-state index in [1.54, 1.807) is 0 Å². The summed E-state index contributed by atoms with van der Waals surface area (Å²) in [4.78, 5) is 11.7. The van der Waals surface area contributed by atoms with Crippen molar-refractivity contribution in [1.82, 2.24) is 15.4 Å². The maximum absolute atomic E-state index is 11.7. The number of amides is 1. The van der Waals surface area contributed by atoms with Crippen LogP contribution in [0.5, 0.6) is 0 Å². The van der Waals surface area contributed by atoms with Crippen LogP contribution in [0.15, 0.2) is 0 Å². The number of sulfonamides is 1. The van der Waals surface area contributed by atoms with Gasteiger partial charge in [-0.1, -0.05) is 6.92 Å². The molecule has 0 aliphatic carbocycles. The Balaban J connectivity index is 0. The van der Waals surface area contributed by atoms with Crippen molar-refractivity contribution >= 4 is 28.3 Å². The summed E-state index contributed by atoms with van der Waals surface area (Å²) in [6.07, 6.45) is 2.07. The zero-order valence-corrected chi connectivity index (χ0v) is 13.0. The van der Waals surface area contributed by atoms with Gasteiger partial charge in [-0.2, -0.15) is 0 Å². The van der Waals surface area contributed by atoms with Gasteiger partial charge in [0.25, 0.3) is 0 Å². The summed E-state index contributed by atoms with van der Waals surface area (Å²) >= 11 is 0. The molecular formula is C10H24ClN3O3S. The number of halogens is 1. The molecule has 0 saturated carbocycles. The van der Waals surface area contributed by atoms with Crippen molar-refractivity contribution in [3.05, 3.63) is 0 Å². The van der Waals surface area contributed by atoms with E-state index in [-0.39, 0.29) is 18.3 Å². The Labute approximate surface area is 116 Å². The zero-order chi connectivity index (χ0) is 13.5. The van der Waals surface area contributed by atoms with Crippen LogP contribution in [0.4, 0.5) is 0 Å². The van der Waals surface area contributed by atoms with Crippen molar-refractivity contribution in [3.63, 3.8) is 0 Å². The van der Waals surface area contributed by atoms with Crippen LogP contribution in [-0.2, 0) is 14.8 Å². The molecule has 3 N–H and O–H groups in total. The Morgan fingerprint density at radius 2 is 1.72 bits per heavy atom. The van der Waals surface area contributed by atoms with Crippen molar-refractivity contribution in [2.24, 2.45) is 0 Å². The summed E-state index contributed by atoms with van der Waals surface area (Å²) in [5.41, 5.74) is -1.13. The van der Waals surface area contributed by atoms with Gasteiger partial charge in [-0.15, -0.1) is 12.4 Å². The van der Waals surface area contributed by atoms with Gasteiger partial charge in [-0.3, -0.25) is 4.79 Å². The van der Waals surface area contributed by atoms with E-state index in [0.717, 1.165) is 19.2 Å². The molecule has 0 spiro atoms. The van der Waals surface area contributed by atoms with Gasteiger partial charge in [0.1, 0.15) is 5.54 Å². The highest BCUT2D eigenvalue weighted by molar-refractivity contribution is 7.88. The van der Waals surface area contributed by atoms with Crippen molar-refractivity contribution < 1.29 is 13.2 Å². The Hall–Kier alpha value is -0.370. The minimum Gasteiger partial charge on any atom is -0.353 e. The van der Waals surface area contributed by atoms with Crippen molar-refractivity contribution in [2.45, 2.75) is 32.7 Å². The highest BCUT2D eigenvalue weighted by Gasteiger charge is 2.30. The molecule has 110 valence electrons. The lowest BCUT2D eigenvalue weighted by molar-refractivity contribution is -0.125. The number of carbonyl (C=O) groups is 1. The van der Waals surface area contributed by atoms with Crippen LogP contribution in [0.25, 0.3) is 0 Å². The second kappa shape index (κ2) is 8.68. The third-order valence-corrected chi connectivity index (χ3v) is 2.90. The van der Waals surface area contributed by atoms with E-state index >= 15 is 0 Å². The second-order valence-corrected chi connectivity index (χ2v) is 6.25. The topological polar surface area (TPSA) is 87.3 Å². The van der Waals surface area contributed by atoms with Crippen LogP contribution < -0.4 is 15.4 Å². The minimum atomic E-state index is -3.39. The molecule has 8 heteroatoms. The van der Waals surface area contributed by atoms with Crippen molar-refractivity contribution in [2.75, 3.05) is 25.9 Å². The third kappa shape index (κ3) is 9.64. The SMILES string of the molecule is CCCNCCNC(=O)C(C)(C)NS(C)(=O)=O.Cl. The summed E-state index contributed by atoms with van der Waals surface area (Å²) < 4.78 is 24.4. The van der Waals surface area contributed by atoms with Gasteiger partial charge in [0.05, 0.1) is 6.26 Å². The van der Waals surface area contributed by atoms with Gasteiger partial charge in [0.2, 0.25) is 15.9 Å². The van der Waals surface area contributed by atoms with Crippen LogP contribution in [0, 0.1) is 0 Å². The summed E-state index contributed by atoms with van der Waals surface area (Å²) in [5.74, 6) is -0.332. The van der Waals surface area contributed by atoms with E-state index in [4.69, 9.17) is 0 Å². The van der Waals surface area contributed by atoms with E-state index in [1.165, 1.54) is 13.8 Å². The molecule has 0 radical (unpaired) electrons. The fourth-order valence-electron chi connectivity index (χ4n) is 1.30. The Kier molecular flexibility index (Phi) is 9.63. The quantitative estimate of drug-likeness (QED) is 0.544. The van der Waals surface area contributed by atoms with Gasteiger partial charge in [-0.05, 0) is 26.8 Å². The Bertz CT molecular complexity index is 344. The molecule has 0 aliphatic rings. The molecule has 0 saturated heterocycles. The lowest BCUT2D eigenvalue weighted by Crippen LogP contribution is -2.55. The first-order valence-electron chi connectivity index (χ1n) is 5.67. The molecule has 0 atom stereocenters. The molecule has 0 aromatic rings. The summed E-state index contributed by atoms with van der Waals surface area (Å²) in [7, 11) is -3.39. The highest BCUT2D eigenvalue weighted by Crippen LogP contribution is 2.03. The minimum absolute atomic E-state index is 0. The molecule has 1 amide bonds. The highest BCUT2D eigenvalue weighted by atomic mass is 35.5. The predicted octanol–water partition coefficient (Wildman–Crippen LogP) is -0.148. The summed E-state index contributed by atoms with van der Waals surface area (Å²) in [6, 6.07) is 0. The van der Waals surface area contributed by atoms with Crippen molar-refractivity contribution in [3.8, 4) is 0 Å². The number of carbonyl (C=O) groups excluding carboxylic acids is 1. The number of nitrogens with one attached hydrogen (secondary N) is 3. The Morgan fingerprint density at radius 3 is 2.17 bits per heavy atom. The van der Waals surface area contributed by atoms with E-state index in [1.807, 2.05) is 0 Å². The first-order chi connectivity index (χ1) is 7.69. The fraction of sp³-hybridized carbons (Fsp3) is 0.900. The number of hydrogen-bond donors (Lipinski definition) is 3. The molecule has 0 fully saturated rings. The maximum Gasteiger partial charge on any atom is 0.240 e. The maximum atomic E-state index is 11.7. The molecule has 0 aromatic heterocycles. The van der Waals surface area contributed by atoms with Gasteiger partial charge >= 0.3 is 0 Å². The standard InChI is InChI=1S/C10H23N3O3S.ClH/c1-5-6-11-7-8-12-9(14)10(2,3)13-17(4,15)16;/h11,13H,5-8H2,1-4H3,(H,12,14);1H. The lowest BCUT2D eigenvalue weighted by Gasteiger charge is -2.23. The molecule has 6 nitrogen and oxygen atoms in total. The van der Waals surface area contributed by atoms with E-state index in [9.17, 15) is 13.2 Å². The monoisotopic (exact) mass is 301 g/mol. The van der Waals surface area contributed by atoms with E-state index in [0.29, 0.717) is 13.1 Å². The molecule has 0 bridgehead atoms. The van der Waals surface area contributed by atoms with E-state index < -0.39 is 15.6 Å². The van der Waals surface area contributed by atoms with Crippen molar-refractivity contribution in [1.29, 1.82) is 0 Å².